The summed E-state index contributed by atoms with van der Waals surface area (Å²) in [5, 5.41) is 12.2. The van der Waals surface area contributed by atoms with Crippen LogP contribution < -0.4 is 0 Å². The smallest absolute Gasteiger partial charge is 0.244 e. The first-order chi connectivity index (χ1) is 10.3. The molecule has 8 heteroatoms. The van der Waals surface area contributed by atoms with Gasteiger partial charge in [-0.3, -0.25) is 4.79 Å². The van der Waals surface area contributed by atoms with E-state index in [1.165, 1.54) is 6.33 Å². The highest BCUT2D eigenvalue weighted by atomic mass is 16.2. The summed E-state index contributed by atoms with van der Waals surface area (Å²) in [5.41, 5.74) is 1.66. The highest BCUT2D eigenvalue weighted by Gasteiger charge is 2.22. The Bertz CT molecular complexity index is 806. The van der Waals surface area contributed by atoms with Crippen molar-refractivity contribution >= 4 is 16.9 Å². The maximum atomic E-state index is 12.4. The van der Waals surface area contributed by atoms with E-state index in [4.69, 9.17) is 0 Å². The summed E-state index contributed by atoms with van der Waals surface area (Å²) >= 11 is 0. The average molecular weight is 283 g/mol. The van der Waals surface area contributed by atoms with Crippen molar-refractivity contribution in [2.75, 3.05) is 6.54 Å². The molecule has 8 nitrogen and oxygen atoms in total. The van der Waals surface area contributed by atoms with E-state index in [9.17, 15) is 4.79 Å². The van der Waals surface area contributed by atoms with Gasteiger partial charge in [0.25, 0.3) is 0 Å². The van der Waals surface area contributed by atoms with E-state index < -0.39 is 0 Å². The van der Waals surface area contributed by atoms with Crippen LogP contribution >= 0.6 is 0 Å². The van der Waals surface area contributed by atoms with Gasteiger partial charge < -0.3 is 4.90 Å². The molecule has 0 N–H and O–H groups in total. The van der Waals surface area contributed by atoms with Crippen LogP contribution in [0.3, 0.4) is 0 Å². The van der Waals surface area contributed by atoms with Crippen LogP contribution in [0, 0.1) is 0 Å². The number of aromatic nitrogens is 6. The van der Waals surface area contributed by atoms with Gasteiger partial charge in [0, 0.05) is 6.54 Å². The van der Waals surface area contributed by atoms with Gasteiger partial charge in [-0.25, -0.2) is 14.3 Å². The number of hydrogen-bond donors (Lipinski definition) is 0. The lowest BCUT2D eigenvalue weighted by molar-refractivity contribution is -0.133. The van der Waals surface area contributed by atoms with E-state index in [0.29, 0.717) is 19.6 Å². The van der Waals surface area contributed by atoms with E-state index in [1.807, 2.05) is 28.9 Å². The number of nitrogens with zero attached hydrogens (tertiary/aromatic N) is 7. The second-order valence-corrected chi connectivity index (χ2v) is 4.95. The summed E-state index contributed by atoms with van der Waals surface area (Å²) in [7, 11) is 0. The quantitative estimate of drug-likeness (QED) is 0.664. The number of rotatable bonds is 2. The minimum atomic E-state index is 0.0138. The van der Waals surface area contributed by atoms with Gasteiger partial charge in [-0.05, 0) is 12.1 Å². The number of para-hydroxylation sites is 1. The highest BCUT2D eigenvalue weighted by Crippen LogP contribution is 2.12. The van der Waals surface area contributed by atoms with Crippen LogP contribution in [0.1, 0.15) is 5.82 Å². The molecular formula is C13H13N7O. The minimum absolute atomic E-state index is 0.0138. The number of amides is 1. The van der Waals surface area contributed by atoms with E-state index in [1.54, 1.807) is 9.58 Å². The van der Waals surface area contributed by atoms with Gasteiger partial charge in [0.1, 0.15) is 24.2 Å². The van der Waals surface area contributed by atoms with Crippen LogP contribution in [0.4, 0.5) is 0 Å². The Morgan fingerprint density at radius 1 is 1.24 bits per heavy atom. The van der Waals surface area contributed by atoms with Crippen molar-refractivity contribution in [2.45, 2.75) is 19.6 Å². The van der Waals surface area contributed by atoms with Crippen LogP contribution in [0.15, 0.2) is 30.6 Å². The number of carbonyl (C=O) groups excluding carboxylic acids is 1. The van der Waals surface area contributed by atoms with E-state index >= 15 is 0 Å². The summed E-state index contributed by atoms with van der Waals surface area (Å²) in [5.74, 6) is 0.831. The number of benzene rings is 1. The Labute approximate surface area is 120 Å². The molecule has 0 bridgehead atoms. The van der Waals surface area contributed by atoms with Gasteiger partial charge >= 0.3 is 0 Å². The molecule has 0 fully saturated rings. The fourth-order valence-electron chi connectivity index (χ4n) is 2.54. The topological polar surface area (TPSA) is 81.7 Å². The van der Waals surface area contributed by atoms with Gasteiger partial charge in [-0.1, -0.05) is 17.3 Å². The molecule has 0 atom stereocenters. The first-order valence-corrected chi connectivity index (χ1v) is 6.74. The van der Waals surface area contributed by atoms with E-state index in [-0.39, 0.29) is 12.5 Å². The Hall–Kier alpha value is -2.77. The van der Waals surface area contributed by atoms with Crippen LogP contribution in [0.5, 0.6) is 0 Å². The summed E-state index contributed by atoms with van der Waals surface area (Å²) in [6.45, 7) is 2.00. The summed E-state index contributed by atoms with van der Waals surface area (Å²) in [6, 6.07) is 7.61. The number of fused-ring (bicyclic) bond motifs is 2. The number of carbonyl (C=O) groups is 1. The van der Waals surface area contributed by atoms with Crippen molar-refractivity contribution in [2.24, 2.45) is 0 Å². The van der Waals surface area contributed by atoms with Gasteiger partial charge in [-0.2, -0.15) is 5.10 Å². The van der Waals surface area contributed by atoms with Gasteiger partial charge in [0.15, 0.2) is 0 Å². The Morgan fingerprint density at radius 3 is 3.10 bits per heavy atom. The molecule has 1 amide bonds. The molecule has 1 aromatic carbocycles. The largest absolute Gasteiger partial charge is 0.332 e. The lowest BCUT2D eigenvalue weighted by atomic mass is 10.3. The standard InChI is InChI=1S/C13H13N7O/c21-13(18-5-6-19-12(7-18)14-9-15-19)8-20-11-4-2-1-3-10(11)16-17-20/h1-4,9H,5-8H2. The molecule has 21 heavy (non-hydrogen) atoms. The SMILES string of the molecule is O=C(Cn1nnc2ccccc21)N1CCn2ncnc2C1. The van der Waals surface area contributed by atoms with Crippen LogP contribution in [0.2, 0.25) is 0 Å². The Balaban J connectivity index is 1.54. The third-order valence-corrected chi connectivity index (χ3v) is 3.67. The molecule has 0 saturated heterocycles. The second kappa shape index (κ2) is 4.65. The second-order valence-electron chi connectivity index (χ2n) is 4.95. The lowest BCUT2D eigenvalue weighted by Gasteiger charge is -2.26. The van der Waals surface area contributed by atoms with Crippen molar-refractivity contribution in [1.29, 1.82) is 0 Å². The zero-order valence-corrected chi connectivity index (χ0v) is 11.3. The highest BCUT2D eigenvalue weighted by molar-refractivity contribution is 5.79. The molecule has 3 aromatic rings. The molecule has 0 saturated carbocycles. The van der Waals surface area contributed by atoms with Crippen molar-refractivity contribution in [3.63, 3.8) is 0 Å². The first-order valence-electron chi connectivity index (χ1n) is 6.74. The zero-order chi connectivity index (χ0) is 14.2. The van der Waals surface area contributed by atoms with Crippen LogP contribution in [-0.4, -0.2) is 47.1 Å². The average Bonchev–Trinajstić information content (AvgIpc) is 3.13. The van der Waals surface area contributed by atoms with Crippen molar-refractivity contribution < 1.29 is 4.79 Å². The van der Waals surface area contributed by atoms with Crippen molar-refractivity contribution in [1.82, 2.24) is 34.7 Å². The summed E-state index contributed by atoms with van der Waals surface area (Å²) < 4.78 is 3.46. The van der Waals surface area contributed by atoms with Gasteiger partial charge in [0.2, 0.25) is 5.91 Å². The molecule has 4 rings (SSSR count). The molecular weight excluding hydrogens is 270 g/mol. The normalized spacial score (nSPS) is 14.4. The minimum Gasteiger partial charge on any atom is -0.332 e. The molecule has 0 unspecified atom stereocenters. The Kier molecular flexibility index (Phi) is 2.66. The lowest BCUT2D eigenvalue weighted by Crippen LogP contribution is -2.40. The molecule has 1 aliphatic heterocycles. The van der Waals surface area contributed by atoms with Crippen molar-refractivity contribution in [3.05, 3.63) is 36.4 Å². The van der Waals surface area contributed by atoms with Gasteiger partial charge in [-0.15, -0.1) is 5.10 Å². The molecule has 1 aliphatic rings. The molecule has 0 spiro atoms. The van der Waals surface area contributed by atoms with E-state index in [0.717, 1.165) is 16.9 Å². The Morgan fingerprint density at radius 2 is 2.14 bits per heavy atom. The molecule has 3 heterocycles. The van der Waals surface area contributed by atoms with Gasteiger partial charge in [0.05, 0.1) is 18.6 Å². The summed E-state index contributed by atoms with van der Waals surface area (Å²) in [6.07, 6.45) is 1.52. The van der Waals surface area contributed by atoms with E-state index in [2.05, 4.69) is 20.4 Å². The summed E-state index contributed by atoms with van der Waals surface area (Å²) in [4.78, 5) is 18.4. The fourth-order valence-corrected chi connectivity index (χ4v) is 2.54. The van der Waals surface area contributed by atoms with Crippen LogP contribution in [0.25, 0.3) is 11.0 Å². The zero-order valence-electron chi connectivity index (χ0n) is 11.3. The fraction of sp³-hybridized carbons (Fsp3) is 0.308. The van der Waals surface area contributed by atoms with Crippen LogP contribution in [-0.2, 0) is 24.4 Å². The predicted octanol–water partition coefficient (Wildman–Crippen LogP) is 0.0652. The third kappa shape index (κ3) is 2.04. The maximum Gasteiger partial charge on any atom is 0.244 e. The molecule has 2 aromatic heterocycles. The predicted molar refractivity (Wildman–Crippen MR) is 73.0 cm³/mol. The molecule has 106 valence electrons. The molecule has 0 aliphatic carbocycles. The third-order valence-electron chi connectivity index (χ3n) is 3.67. The number of hydrogen-bond acceptors (Lipinski definition) is 5. The van der Waals surface area contributed by atoms with Crippen molar-refractivity contribution in [3.8, 4) is 0 Å². The molecule has 0 radical (unpaired) electrons. The first kappa shape index (κ1) is 12.0. The maximum absolute atomic E-state index is 12.4. The monoisotopic (exact) mass is 283 g/mol.